The van der Waals surface area contributed by atoms with Crippen LogP contribution in [-0.2, 0) is 21.0 Å². The zero-order valence-electron chi connectivity index (χ0n) is 71.0. The van der Waals surface area contributed by atoms with Gasteiger partial charge in [0, 0.05) is 87.7 Å². The van der Waals surface area contributed by atoms with Crippen molar-refractivity contribution in [2.75, 3.05) is 87.3 Å². The Kier molecular flexibility index (Phi) is 27.5. The van der Waals surface area contributed by atoms with Gasteiger partial charge in [0.1, 0.15) is 76.6 Å². The number of anilines is 6. The van der Waals surface area contributed by atoms with E-state index in [1.807, 2.05) is 133 Å². The van der Waals surface area contributed by atoms with Gasteiger partial charge in [0.2, 0.25) is 17.7 Å². The molecule has 0 bridgehead atoms. The maximum Gasteiger partial charge on any atom is 0.339 e. The fourth-order valence-corrected chi connectivity index (χ4v) is 14.3. The standard InChI is InChI=1S/C33H33N7O4.C33H33N7O3.C30H28N6O3.ClH/c1-37(22-11-12-22)17-7-10-29(41)38(2)24-18-25(20-28(19-24)43-3)40-32-30(31(34)35-21-36-32)39(33(40)42)23-13-15-27(16-14-23)44-26-8-5-4-6-9-26;1-37(24-13-14-24)19-7-12-29(41)38(2)26-10-6-11-27(20-26)40-32-30(31(34)35-22-36-32)39(33(40)42)25-15-17-28(18-16-25)43-21-23-8-4-3-5-9-23;1-3-4-6-14-26(37)34(2)22-10-9-11-23(19-22)36-29-27(28(31)32-20-33-29)35(30(36)38)21-15-17-25(18-16-21)39-24-12-7-5-8-13-24;/h4-10,13-16,18-22H,11-12,17H2,1-3H3,(H2,34,35,36);3-12,15-18,20,22,24H,13-14,19,21H2,1-2H3,(H2,34,35,36);5-20H,3-4H2,1-2H3,(H2,31,32,33);1H/b10-7+;12-7+;14-6+;. The van der Waals surface area contributed by atoms with Gasteiger partial charge in [0.05, 0.1) is 41.2 Å². The van der Waals surface area contributed by atoms with Gasteiger partial charge in [0.25, 0.3) is 0 Å². The van der Waals surface area contributed by atoms with E-state index in [2.05, 4.69) is 60.7 Å². The summed E-state index contributed by atoms with van der Waals surface area (Å²) < 4.78 is 32.1. The number of unbranched alkanes of at least 4 members (excludes halogenated alkanes) is 1. The first-order valence-corrected chi connectivity index (χ1v) is 41.0. The molecule has 6 N–H and O–H groups in total. The smallest absolute Gasteiger partial charge is 0.339 e. The zero-order valence-corrected chi connectivity index (χ0v) is 71.8. The van der Waals surface area contributed by atoms with Crippen LogP contribution in [0.1, 0.15) is 51.0 Å². The van der Waals surface area contributed by atoms with E-state index in [1.165, 1.54) is 89.0 Å². The summed E-state index contributed by atoms with van der Waals surface area (Å²) in [6, 6.07) is 71.0. The van der Waals surface area contributed by atoms with Gasteiger partial charge in [0.15, 0.2) is 34.4 Å². The minimum absolute atomic E-state index is 0. The highest BCUT2D eigenvalue weighted by Gasteiger charge is 2.29. The van der Waals surface area contributed by atoms with Crippen LogP contribution in [0.25, 0.3) is 67.6 Å². The Labute approximate surface area is 737 Å². The van der Waals surface area contributed by atoms with Crippen molar-refractivity contribution >= 4 is 98.1 Å². The number of carbonyl (C=O) groups excluding carboxylic acids is 3. The lowest BCUT2D eigenvalue weighted by atomic mass is 10.2. The molecule has 0 radical (unpaired) electrons. The zero-order chi connectivity index (χ0) is 88.1. The molecule has 127 heavy (non-hydrogen) atoms. The second-order valence-electron chi connectivity index (χ2n) is 30.2. The van der Waals surface area contributed by atoms with Crippen LogP contribution in [0.2, 0.25) is 0 Å². The minimum atomic E-state index is -0.417. The normalized spacial score (nSPS) is 12.4. The van der Waals surface area contributed by atoms with E-state index in [-0.39, 0.29) is 59.0 Å². The second kappa shape index (κ2) is 39.8. The summed E-state index contributed by atoms with van der Waals surface area (Å²) in [6.45, 7) is 3.91. The van der Waals surface area contributed by atoms with Gasteiger partial charge in [-0.15, -0.1) is 12.4 Å². The number of nitrogens with zero attached hydrogens (tertiary/aromatic N) is 17. The molecular weight excluding hydrogens is 1630 g/mol. The van der Waals surface area contributed by atoms with Crippen molar-refractivity contribution in [1.82, 2.24) is 67.1 Å². The Morgan fingerprint density at radius 2 is 0.740 bits per heavy atom. The van der Waals surface area contributed by atoms with E-state index in [1.54, 1.807) is 160 Å². The lowest BCUT2D eigenvalue weighted by molar-refractivity contribution is -0.114. The fraction of sp³-hybridized carbons (Fsp3) is 0.188. The van der Waals surface area contributed by atoms with Crippen molar-refractivity contribution < 1.29 is 33.3 Å². The highest BCUT2D eigenvalue weighted by Crippen LogP contribution is 2.35. The molecular formula is C96H95ClN20O10. The van der Waals surface area contributed by atoms with Gasteiger partial charge < -0.3 is 50.8 Å². The topological polar surface area (TPSA) is 341 Å². The lowest BCUT2D eigenvalue weighted by Gasteiger charge is -2.18. The van der Waals surface area contributed by atoms with Crippen LogP contribution in [0.5, 0.6) is 34.5 Å². The largest absolute Gasteiger partial charge is 0.497 e. The Bertz CT molecular complexity index is 6730. The number of aromatic nitrogens is 12. The van der Waals surface area contributed by atoms with Crippen molar-refractivity contribution in [2.24, 2.45) is 0 Å². The highest BCUT2D eigenvalue weighted by atomic mass is 35.5. The van der Waals surface area contributed by atoms with Gasteiger partial charge in [-0.1, -0.05) is 110 Å². The van der Waals surface area contributed by atoms with Crippen molar-refractivity contribution in [2.45, 2.75) is 64.1 Å². The summed E-state index contributed by atoms with van der Waals surface area (Å²) in [4.78, 5) is 115. The fourth-order valence-electron chi connectivity index (χ4n) is 14.3. The van der Waals surface area contributed by atoms with Crippen LogP contribution in [0, 0.1) is 0 Å². The monoisotopic (exact) mass is 1720 g/mol. The molecule has 17 rings (SSSR count). The highest BCUT2D eigenvalue weighted by molar-refractivity contribution is 6.03. The van der Waals surface area contributed by atoms with E-state index < -0.39 is 5.69 Å². The van der Waals surface area contributed by atoms with Crippen molar-refractivity contribution in [3.05, 3.63) is 323 Å². The number of imidazole rings is 3. The second-order valence-corrected chi connectivity index (χ2v) is 30.2. The van der Waals surface area contributed by atoms with Crippen molar-refractivity contribution in [3.63, 3.8) is 0 Å². The quantitative estimate of drug-likeness (QED) is 0.0383. The third kappa shape index (κ3) is 20.1. The molecule has 2 fully saturated rings. The molecule has 31 heteroatoms. The van der Waals surface area contributed by atoms with Crippen LogP contribution >= 0.6 is 12.4 Å². The number of nitrogen functional groups attached to an aromatic ring is 3. The molecule has 2 saturated carbocycles. The molecule has 9 aromatic carbocycles. The number of hydrogen-bond acceptors (Lipinski definition) is 21. The van der Waals surface area contributed by atoms with Crippen LogP contribution < -0.4 is 67.9 Å². The molecule has 6 heterocycles. The Morgan fingerprint density at radius 3 is 1.13 bits per heavy atom. The summed E-state index contributed by atoms with van der Waals surface area (Å²) in [5.74, 6) is 3.76. The maximum atomic E-state index is 14.1. The van der Waals surface area contributed by atoms with Gasteiger partial charge in [-0.2, -0.15) is 0 Å². The molecule has 3 amide bonds. The van der Waals surface area contributed by atoms with Gasteiger partial charge >= 0.3 is 17.1 Å². The Hall–Kier alpha value is -15.5. The average Bonchev–Trinajstić information content (AvgIpc) is 1.60. The predicted molar refractivity (Wildman–Crippen MR) is 498 cm³/mol. The Balaban J connectivity index is 0.000000154. The van der Waals surface area contributed by atoms with Crippen molar-refractivity contribution in [1.29, 1.82) is 0 Å². The van der Waals surface area contributed by atoms with Gasteiger partial charge in [-0.3, -0.25) is 37.9 Å². The summed E-state index contributed by atoms with van der Waals surface area (Å²) in [5.41, 5.74) is 26.0. The molecule has 0 saturated heterocycles. The average molecular weight is 1720 g/mol. The molecule has 646 valence electrons. The number of allylic oxidation sites excluding steroid dienone is 1. The molecule has 0 aliphatic heterocycles. The number of carbonyl (C=O) groups is 3. The number of nitrogens with two attached hydrogens (primary N) is 3. The summed E-state index contributed by atoms with van der Waals surface area (Å²) in [7, 11) is 10.7. The number of benzene rings is 9. The van der Waals surface area contributed by atoms with Crippen LogP contribution in [0.15, 0.2) is 300 Å². The van der Waals surface area contributed by atoms with Crippen LogP contribution in [0.3, 0.4) is 0 Å². The van der Waals surface area contributed by atoms with Gasteiger partial charge in [-0.05, 0) is 197 Å². The first kappa shape index (κ1) is 87.8. The molecule has 6 aromatic heterocycles. The van der Waals surface area contributed by atoms with Crippen LogP contribution in [-0.4, -0.2) is 152 Å². The van der Waals surface area contributed by atoms with E-state index in [0.717, 1.165) is 24.9 Å². The first-order valence-electron chi connectivity index (χ1n) is 41.0. The Morgan fingerprint density at radius 1 is 0.386 bits per heavy atom. The summed E-state index contributed by atoms with van der Waals surface area (Å²) in [6.07, 6.45) is 20.9. The first-order chi connectivity index (χ1) is 61.2. The van der Waals surface area contributed by atoms with Crippen LogP contribution in [0.4, 0.5) is 34.5 Å². The van der Waals surface area contributed by atoms with E-state index in [0.29, 0.717) is 144 Å². The molecule has 15 aromatic rings. The lowest BCUT2D eigenvalue weighted by Crippen LogP contribution is -2.26. The SMILES string of the molecule is CCC/C=C/C(=O)N(C)c1cccc(-n2c(=O)n(-c3ccc(Oc4ccccc4)cc3)c3c(N)ncnc32)c1.CN(C(=O)/C=C/CN(C)C1CC1)c1cccc(-n2c(=O)n(-c3ccc(OCc4ccccc4)cc3)c3c(N)ncnc32)c1.COc1cc(N(C)C(=O)/C=C/CN(C)C2CC2)cc(-n2c(=O)n(-c3ccc(Oc4ccccc4)cc3)c3c(N)ncnc32)c1.Cl. The van der Waals surface area contributed by atoms with E-state index in [4.69, 9.17) is 36.1 Å². The number of ether oxygens (including phenoxy) is 4. The van der Waals surface area contributed by atoms with E-state index >= 15 is 0 Å². The number of rotatable bonds is 28. The molecule has 0 spiro atoms. The predicted octanol–water partition coefficient (Wildman–Crippen LogP) is 14.6. The molecule has 2 aliphatic carbocycles. The number of halogens is 1. The third-order valence-electron chi connectivity index (χ3n) is 21.5. The maximum absolute atomic E-state index is 14.1. The number of hydrogen-bond donors (Lipinski definition) is 3. The summed E-state index contributed by atoms with van der Waals surface area (Å²) >= 11 is 0. The van der Waals surface area contributed by atoms with E-state index in [9.17, 15) is 28.8 Å². The molecule has 2 aliphatic rings. The summed E-state index contributed by atoms with van der Waals surface area (Å²) in [5, 5.41) is 0. The van der Waals surface area contributed by atoms with Crippen molar-refractivity contribution in [3.8, 4) is 68.6 Å². The third-order valence-corrected chi connectivity index (χ3v) is 21.5. The minimum Gasteiger partial charge on any atom is -0.497 e. The molecule has 0 atom stereocenters. The number of fused-ring (bicyclic) bond motifs is 3. The number of likely N-dealkylation sites (N-methyl/N-ethyl adjacent to an activating group) is 5. The van der Waals surface area contributed by atoms with Gasteiger partial charge in [-0.25, -0.2) is 58.0 Å². The molecule has 30 nitrogen and oxygen atoms in total. The number of methoxy groups -OCH3 is 1. The number of para-hydroxylation sites is 2. The number of amides is 3. The molecule has 0 unspecified atom stereocenters.